The molecule has 174 valence electrons. The van der Waals surface area contributed by atoms with Crippen molar-refractivity contribution in [1.82, 2.24) is 0 Å². The Morgan fingerprint density at radius 2 is 1.69 bits per heavy atom. The minimum atomic E-state index is 0. The molecule has 0 bridgehead atoms. The molecule has 4 rings (SSSR count). The highest BCUT2D eigenvalue weighted by Gasteiger charge is 2.19. The molecule has 4 N–H and O–H groups in total. The zero-order chi connectivity index (χ0) is 20.1. The number of hydrogen-bond donors (Lipinski definition) is 2. The summed E-state index contributed by atoms with van der Waals surface area (Å²) in [7, 11) is 0. The second kappa shape index (κ2) is 13.9. The number of quaternary nitrogens is 1. The van der Waals surface area contributed by atoms with Crippen LogP contribution in [0.2, 0.25) is 0 Å². The van der Waals surface area contributed by atoms with Crippen LogP contribution in [0.5, 0.6) is 0 Å². The first kappa shape index (κ1) is 28.5. The molecule has 0 aliphatic carbocycles. The maximum absolute atomic E-state index is 5.98. The molecule has 2 aromatic heterocycles. The van der Waals surface area contributed by atoms with Gasteiger partial charge in [0.15, 0.2) is 6.20 Å². The molecule has 1 atom stereocenters. The smallest absolute Gasteiger partial charge is 0.286 e. The van der Waals surface area contributed by atoms with Crippen LogP contribution < -0.4 is 57.4 Å². The van der Waals surface area contributed by atoms with E-state index in [4.69, 9.17) is 11.6 Å². The van der Waals surface area contributed by atoms with Gasteiger partial charge in [-0.15, -0.1) is 11.6 Å². The number of aromatic amines is 2. The third kappa shape index (κ3) is 6.27. The normalized spacial score (nSPS) is 11.4. The number of hydrogen-bond acceptors (Lipinski definition) is 1. The molecule has 1 unspecified atom stereocenters. The van der Waals surface area contributed by atoms with Crippen LogP contribution in [0.15, 0.2) is 54.7 Å². The fraction of sp³-hybridized carbons (Fsp3) is 0.333. The maximum atomic E-state index is 5.98. The number of rotatable bonds is 9. The van der Waals surface area contributed by atoms with E-state index in [2.05, 4.69) is 64.7 Å². The number of pyridine rings is 2. The lowest BCUT2D eigenvalue weighted by molar-refractivity contribution is -0.897. The zero-order valence-electron chi connectivity index (χ0n) is 18.2. The molecule has 8 heteroatoms. The molecule has 0 aliphatic rings. The molecular formula is C24H30Cl4N4. The third-order valence-electron chi connectivity index (χ3n) is 5.62. The van der Waals surface area contributed by atoms with Crippen molar-refractivity contribution in [3.05, 3.63) is 54.7 Å². The van der Waals surface area contributed by atoms with Crippen LogP contribution >= 0.6 is 11.6 Å². The molecule has 0 aliphatic heterocycles. The molecule has 2 heterocycles. The fourth-order valence-electron chi connectivity index (χ4n) is 4.23. The van der Waals surface area contributed by atoms with Crippen LogP contribution in [0.1, 0.15) is 19.8 Å². The van der Waals surface area contributed by atoms with Gasteiger partial charge in [0, 0.05) is 25.1 Å². The Labute approximate surface area is 213 Å². The monoisotopic (exact) mass is 514 g/mol. The first-order chi connectivity index (χ1) is 14.3. The highest BCUT2D eigenvalue weighted by Crippen LogP contribution is 2.31. The number of aromatic nitrogens is 2. The Morgan fingerprint density at radius 1 is 0.875 bits per heavy atom. The van der Waals surface area contributed by atoms with Gasteiger partial charge < -0.3 is 47.4 Å². The molecule has 0 amide bonds. The highest BCUT2D eigenvalue weighted by molar-refractivity contribution is 6.17. The number of H-pyrrole nitrogens is 2. The fourth-order valence-corrected chi connectivity index (χ4v) is 4.50. The van der Waals surface area contributed by atoms with E-state index in [1.54, 1.807) is 4.90 Å². The summed E-state index contributed by atoms with van der Waals surface area (Å²) in [6.45, 7) is 6.59. The third-order valence-corrected chi connectivity index (χ3v) is 5.81. The van der Waals surface area contributed by atoms with E-state index in [0.717, 1.165) is 48.5 Å². The van der Waals surface area contributed by atoms with Crippen LogP contribution in [-0.4, -0.2) is 32.1 Å². The zero-order valence-corrected chi connectivity index (χ0v) is 21.2. The van der Waals surface area contributed by atoms with Gasteiger partial charge in [-0.05, 0) is 30.7 Å². The lowest BCUT2D eigenvalue weighted by atomic mass is 10.0. The summed E-state index contributed by atoms with van der Waals surface area (Å²) in [6.07, 6.45) is 4.31. The van der Waals surface area contributed by atoms with Gasteiger partial charge in [0.1, 0.15) is 0 Å². The van der Waals surface area contributed by atoms with Crippen LogP contribution in [0, 0.1) is 0 Å². The van der Waals surface area contributed by atoms with E-state index in [1.165, 1.54) is 34.8 Å². The van der Waals surface area contributed by atoms with Crippen molar-refractivity contribution >= 4 is 50.0 Å². The van der Waals surface area contributed by atoms with Crippen LogP contribution in [0.3, 0.4) is 0 Å². The number of anilines is 1. The quantitative estimate of drug-likeness (QED) is 0.0991. The largest absolute Gasteiger partial charge is 1.00 e. The Morgan fingerprint density at radius 3 is 2.47 bits per heavy atom. The molecule has 32 heavy (non-hydrogen) atoms. The van der Waals surface area contributed by atoms with Gasteiger partial charge >= 0.3 is 0 Å². The number of para-hydroxylation sites is 1. The summed E-state index contributed by atoms with van der Waals surface area (Å²) in [5, 5.41) is 7.41. The average Bonchev–Trinajstić information content (AvgIpc) is 2.76. The lowest BCUT2D eigenvalue weighted by Crippen LogP contribution is -3.12. The summed E-state index contributed by atoms with van der Waals surface area (Å²) in [4.78, 5) is 8.66. The second-order valence-electron chi connectivity index (χ2n) is 7.64. The van der Waals surface area contributed by atoms with Gasteiger partial charge in [-0.1, -0.05) is 19.1 Å². The minimum absolute atomic E-state index is 0. The summed E-state index contributed by atoms with van der Waals surface area (Å²) in [6, 6.07) is 17.1. The second-order valence-corrected chi connectivity index (χ2v) is 8.02. The van der Waals surface area contributed by atoms with E-state index >= 15 is 0 Å². The first-order valence-corrected chi connectivity index (χ1v) is 11.2. The molecule has 0 saturated heterocycles. The van der Waals surface area contributed by atoms with E-state index in [0.29, 0.717) is 0 Å². The molecule has 4 aromatic rings. The van der Waals surface area contributed by atoms with Crippen LogP contribution in [0.4, 0.5) is 5.69 Å². The summed E-state index contributed by atoms with van der Waals surface area (Å²) in [5.74, 6) is 0.732. The predicted molar refractivity (Wildman–Crippen MR) is 122 cm³/mol. The molecule has 4 nitrogen and oxygen atoms in total. The van der Waals surface area contributed by atoms with Gasteiger partial charge in [-0.25, -0.2) is 4.98 Å². The van der Waals surface area contributed by atoms with Crippen molar-refractivity contribution in [2.24, 2.45) is 0 Å². The Balaban J connectivity index is 0.00000171. The summed E-state index contributed by atoms with van der Waals surface area (Å²) in [5.41, 5.74) is 4.64. The molecule has 2 aromatic carbocycles. The van der Waals surface area contributed by atoms with Crippen LogP contribution in [0.25, 0.3) is 32.7 Å². The Hall–Kier alpha value is -1.56. The van der Waals surface area contributed by atoms with Crippen molar-refractivity contribution in [3.63, 3.8) is 0 Å². The van der Waals surface area contributed by atoms with Crippen molar-refractivity contribution in [1.29, 1.82) is 0 Å². The Bertz CT molecular complexity index is 1120. The summed E-state index contributed by atoms with van der Waals surface area (Å²) >= 11 is 5.98. The number of fused-ring (bicyclic) bond motifs is 4. The van der Waals surface area contributed by atoms with Crippen molar-refractivity contribution < 1.29 is 52.1 Å². The summed E-state index contributed by atoms with van der Waals surface area (Å²) < 4.78 is 0. The highest BCUT2D eigenvalue weighted by atomic mass is 35.5. The topological polar surface area (TPSA) is 44.8 Å². The van der Waals surface area contributed by atoms with Gasteiger partial charge in [0.25, 0.3) is 11.0 Å². The molecule has 0 radical (unpaired) electrons. The van der Waals surface area contributed by atoms with Gasteiger partial charge in [0.05, 0.1) is 47.4 Å². The Kier molecular flexibility index (Phi) is 12.3. The first-order valence-electron chi connectivity index (χ1n) is 10.6. The lowest BCUT2D eigenvalue weighted by Gasteiger charge is -2.18. The van der Waals surface area contributed by atoms with E-state index in [9.17, 15) is 0 Å². The SMILES string of the molecule is CCC[NH+](CCCl)CCCNc1c2ccccc2[nH+]c2c1ccc1ccc[nH+]c12.[Cl-].[Cl-].[Cl-]. The van der Waals surface area contributed by atoms with E-state index < -0.39 is 0 Å². The number of benzene rings is 2. The van der Waals surface area contributed by atoms with Crippen molar-refractivity contribution in [2.45, 2.75) is 19.8 Å². The average molecular weight is 516 g/mol. The van der Waals surface area contributed by atoms with Crippen molar-refractivity contribution in [3.8, 4) is 0 Å². The standard InChI is InChI=1S/C24H27ClN4.3ClH/c1-2-15-29(17-12-25)16-6-14-27-23-19-8-3-4-9-21(19)28-24-20(23)11-10-18-7-5-13-26-22(18)24;;;/h3-5,7-11,13H,2,6,12,14-17H2,1H3,(H,27,28);3*1H. The molecule has 0 saturated carbocycles. The maximum Gasteiger partial charge on any atom is 0.286 e. The number of halogens is 4. The van der Waals surface area contributed by atoms with Gasteiger partial charge in [-0.3, -0.25) is 0 Å². The van der Waals surface area contributed by atoms with E-state index in [1.807, 2.05) is 12.3 Å². The molecule has 0 spiro atoms. The number of nitrogens with one attached hydrogen (secondary N) is 4. The minimum Gasteiger partial charge on any atom is -1.00 e. The number of alkyl halides is 1. The van der Waals surface area contributed by atoms with Gasteiger partial charge in [0.2, 0.25) is 5.52 Å². The van der Waals surface area contributed by atoms with E-state index in [-0.39, 0.29) is 37.2 Å². The van der Waals surface area contributed by atoms with Crippen LogP contribution in [-0.2, 0) is 0 Å². The van der Waals surface area contributed by atoms with Crippen molar-refractivity contribution in [2.75, 3.05) is 37.4 Å². The van der Waals surface area contributed by atoms with Gasteiger partial charge in [-0.2, -0.15) is 4.98 Å². The predicted octanol–water partition coefficient (Wildman–Crippen LogP) is -5.88. The molecular weight excluding hydrogens is 486 g/mol. The molecule has 0 fully saturated rings.